The molecule has 0 spiro atoms. The van der Waals surface area contributed by atoms with Crippen LogP contribution in [0.3, 0.4) is 0 Å². The van der Waals surface area contributed by atoms with Gasteiger partial charge in [-0.3, -0.25) is 4.68 Å². The topological polar surface area (TPSA) is 57.0 Å². The molecule has 24 heavy (non-hydrogen) atoms. The molecule has 0 radical (unpaired) electrons. The lowest BCUT2D eigenvalue weighted by Crippen LogP contribution is -2.08. The molecular weight excluding hydrogens is 326 g/mol. The fourth-order valence-corrected chi connectivity index (χ4v) is 2.64. The number of fused-ring (bicyclic) bond motifs is 1. The molecule has 0 bridgehead atoms. The van der Waals surface area contributed by atoms with Gasteiger partial charge >= 0.3 is 5.97 Å². The van der Waals surface area contributed by atoms with Gasteiger partial charge in [0.15, 0.2) is 5.65 Å². The summed E-state index contributed by atoms with van der Waals surface area (Å²) in [5, 5.41) is 5.31. The highest BCUT2D eigenvalue weighted by molar-refractivity contribution is 6.29. The maximum Gasteiger partial charge on any atom is 0.339 e. The number of nitrogens with zero attached hydrogens (tertiary/aromatic N) is 3. The van der Waals surface area contributed by atoms with Crippen LogP contribution in [0.1, 0.15) is 16.1 Å². The summed E-state index contributed by atoms with van der Waals surface area (Å²) >= 11 is 5.69. The van der Waals surface area contributed by atoms with Crippen molar-refractivity contribution in [2.45, 2.75) is 6.92 Å². The summed E-state index contributed by atoms with van der Waals surface area (Å²) in [6, 6.07) is 11.4. The van der Waals surface area contributed by atoms with Gasteiger partial charge in [0.2, 0.25) is 0 Å². The van der Waals surface area contributed by atoms with Crippen LogP contribution in [0, 0.1) is 6.92 Å². The molecule has 2 aromatic heterocycles. The highest BCUT2D eigenvalue weighted by Gasteiger charge is 2.20. The van der Waals surface area contributed by atoms with E-state index in [9.17, 15) is 4.79 Å². The predicted octanol–water partition coefficient (Wildman–Crippen LogP) is 3.85. The number of aryl methyl sites for hydroxylation is 2. The van der Waals surface area contributed by atoms with Crippen molar-refractivity contribution in [2.75, 3.05) is 6.61 Å². The molecule has 0 saturated carbocycles. The molecule has 0 aliphatic carbocycles. The summed E-state index contributed by atoms with van der Waals surface area (Å²) in [5.74, 6) is -0.475. The van der Waals surface area contributed by atoms with E-state index in [4.69, 9.17) is 16.3 Å². The van der Waals surface area contributed by atoms with Gasteiger partial charge in [0.25, 0.3) is 0 Å². The molecule has 0 aliphatic heterocycles. The lowest BCUT2D eigenvalue weighted by molar-refractivity contribution is 0.0548. The monoisotopic (exact) mass is 341 g/mol. The minimum Gasteiger partial charge on any atom is -0.456 e. The number of hydrogen-bond acceptors (Lipinski definition) is 4. The van der Waals surface area contributed by atoms with Gasteiger partial charge in [-0.15, -0.1) is 0 Å². The zero-order chi connectivity index (χ0) is 17.3. The Kier molecular flexibility index (Phi) is 4.36. The quantitative estimate of drug-likeness (QED) is 0.676. The number of hydrogen-bond donors (Lipinski definition) is 0. The highest BCUT2D eigenvalue weighted by atomic mass is 35.5. The van der Waals surface area contributed by atoms with Crippen LogP contribution in [-0.2, 0) is 11.8 Å². The number of benzene rings is 1. The molecule has 6 heteroatoms. The van der Waals surface area contributed by atoms with Gasteiger partial charge in [0.05, 0.1) is 22.3 Å². The summed E-state index contributed by atoms with van der Waals surface area (Å²) in [7, 11) is 1.80. The van der Waals surface area contributed by atoms with Crippen LogP contribution in [0.5, 0.6) is 0 Å². The van der Waals surface area contributed by atoms with Crippen molar-refractivity contribution in [1.29, 1.82) is 0 Å². The minimum atomic E-state index is -0.475. The fraction of sp³-hybridized carbons (Fsp3) is 0.167. The SMILES string of the molecule is C=C(Cl)COC(=O)c1cc(-c2ccccc2)nc2c1c(C)nn2C. The Hall–Kier alpha value is -2.66. The maximum atomic E-state index is 12.5. The molecule has 0 unspecified atom stereocenters. The van der Waals surface area contributed by atoms with E-state index in [0.29, 0.717) is 22.3 Å². The van der Waals surface area contributed by atoms with Gasteiger partial charge < -0.3 is 4.74 Å². The summed E-state index contributed by atoms with van der Waals surface area (Å²) in [5.41, 5.74) is 3.36. The number of rotatable bonds is 4. The van der Waals surface area contributed by atoms with E-state index in [-0.39, 0.29) is 11.6 Å². The first-order valence-corrected chi connectivity index (χ1v) is 7.75. The van der Waals surface area contributed by atoms with E-state index in [1.165, 1.54) is 0 Å². The minimum absolute atomic E-state index is 0.0375. The smallest absolute Gasteiger partial charge is 0.339 e. The average Bonchev–Trinajstić information content (AvgIpc) is 2.87. The number of ether oxygens (including phenoxy) is 1. The molecule has 0 N–H and O–H groups in total. The molecule has 2 heterocycles. The van der Waals surface area contributed by atoms with Crippen molar-refractivity contribution in [3.05, 3.63) is 59.3 Å². The van der Waals surface area contributed by atoms with E-state index >= 15 is 0 Å². The maximum absolute atomic E-state index is 12.5. The second-order valence-electron chi connectivity index (χ2n) is 5.42. The number of aromatic nitrogens is 3. The summed E-state index contributed by atoms with van der Waals surface area (Å²) in [6.07, 6.45) is 0. The van der Waals surface area contributed by atoms with Gasteiger partial charge in [-0.1, -0.05) is 48.5 Å². The van der Waals surface area contributed by atoms with Crippen LogP contribution < -0.4 is 0 Å². The third-order valence-electron chi connectivity index (χ3n) is 3.62. The number of halogens is 1. The van der Waals surface area contributed by atoms with Crippen LogP contribution in [0.4, 0.5) is 0 Å². The molecule has 0 fully saturated rings. The van der Waals surface area contributed by atoms with Gasteiger partial charge in [0.1, 0.15) is 6.61 Å². The largest absolute Gasteiger partial charge is 0.456 e. The van der Waals surface area contributed by atoms with Crippen molar-refractivity contribution in [3.63, 3.8) is 0 Å². The van der Waals surface area contributed by atoms with Gasteiger partial charge in [-0.2, -0.15) is 5.10 Å². The highest BCUT2D eigenvalue weighted by Crippen LogP contribution is 2.27. The summed E-state index contributed by atoms with van der Waals surface area (Å²) in [6.45, 7) is 5.33. The molecule has 0 aliphatic rings. The van der Waals surface area contributed by atoms with Gasteiger partial charge in [-0.25, -0.2) is 9.78 Å². The number of carbonyl (C=O) groups is 1. The Morgan fingerprint density at radius 2 is 2.04 bits per heavy atom. The third kappa shape index (κ3) is 3.03. The Labute approximate surface area is 144 Å². The second kappa shape index (κ2) is 6.45. The van der Waals surface area contributed by atoms with E-state index in [1.54, 1.807) is 17.8 Å². The van der Waals surface area contributed by atoms with E-state index in [0.717, 1.165) is 11.3 Å². The van der Waals surface area contributed by atoms with E-state index in [1.807, 2.05) is 37.3 Å². The van der Waals surface area contributed by atoms with Crippen LogP contribution in [0.15, 0.2) is 48.0 Å². The first-order chi connectivity index (χ1) is 11.5. The Balaban J connectivity index is 2.18. The zero-order valence-electron chi connectivity index (χ0n) is 13.4. The van der Waals surface area contributed by atoms with Crippen molar-refractivity contribution in [2.24, 2.45) is 7.05 Å². The van der Waals surface area contributed by atoms with Crippen LogP contribution in [0.2, 0.25) is 0 Å². The predicted molar refractivity (Wildman–Crippen MR) is 94.0 cm³/mol. The van der Waals surface area contributed by atoms with Crippen LogP contribution in [-0.4, -0.2) is 27.3 Å². The lowest BCUT2D eigenvalue weighted by Gasteiger charge is -2.08. The van der Waals surface area contributed by atoms with Gasteiger partial charge in [-0.05, 0) is 13.0 Å². The Bertz CT molecular complexity index is 932. The first kappa shape index (κ1) is 16.2. The van der Waals surface area contributed by atoms with Crippen molar-refractivity contribution >= 4 is 28.6 Å². The van der Waals surface area contributed by atoms with E-state index in [2.05, 4.69) is 16.7 Å². The second-order valence-corrected chi connectivity index (χ2v) is 5.96. The molecule has 1 aromatic carbocycles. The number of carbonyl (C=O) groups excluding carboxylic acids is 1. The molecular formula is C18H16ClN3O2. The summed E-state index contributed by atoms with van der Waals surface area (Å²) in [4.78, 5) is 17.2. The van der Waals surface area contributed by atoms with Crippen LogP contribution in [0.25, 0.3) is 22.3 Å². The normalized spacial score (nSPS) is 10.8. The number of pyridine rings is 1. The summed E-state index contributed by atoms with van der Waals surface area (Å²) < 4.78 is 6.88. The first-order valence-electron chi connectivity index (χ1n) is 7.37. The molecule has 0 saturated heterocycles. The third-order valence-corrected chi connectivity index (χ3v) is 3.73. The van der Waals surface area contributed by atoms with E-state index < -0.39 is 5.97 Å². The zero-order valence-corrected chi connectivity index (χ0v) is 14.2. The molecule has 3 aromatic rings. The molecule has 0 atom stereocenters. The Morgan fingerprint density at radius 3 is 2.71 bits per heavy atom. The molecule has 0 amide bonds. The average molecular weight is 342 g/mol. The van der Waals surface area contributed by atoms with Crippen molar-refractivity contribution < 1.29 is 9.53 Å². The molecule has 122 valence electrons. The fourth-order valence-electron chi connectivity index (χ4n) is 2.58. The number of esters is 1. The van der Waals surface area contributed by atoms with Crippen LogP contribution >= 0.6 is 11.6 Å². The van der Waals surface area contributed by atoms with Gasteiger partial charge in [0, 0.05) is 17.6 Å². The lowest BCUT2D eigenvalue weighted by atomic mass is 10.1. The van der Waals surface area contributed by atoms with Crippen molar-refractivity contribution in [1.82, 2.24) is 14.8 Å². The van der Waals surface area contributed by atoms with Crippen molar-refractivity contribution in [3.8, 4) is 11.3 Å². The molecule has 5 nitrogen and oxygen atoms in total. The Morgan fingerprint density at radius 1 is 1.33 bits per heavy atom. The molecule has 3 rings (SSSR count). The standard InChI is InChI=1S/C18H16ClN3O2/c1-11(19)10-24-18(23)14-9-15(13-7-5-4-6-8-13)20-17-16(14)12(2)21-22(17)3/h4-9H,1,10H2,2-3H3.